The maximum absolute atomic E-state index is 12.1. The van der Waals surface area contributed by atoms with Crippen molar-refractivity contribution < 1.29 is 4.79 Å². The van der Waals surface area contributed by atoms with Gasteiger partial charge >= 0.3 is 0 Å². The van der Waals surface area contributed by atoms with Crippen molar-refractivity contribution in [2.45, 2.75) is 0 Å². The highest BCUT2D eigenvalue weighted by Crippen LogP contribution is 2.25. The van der Waals surface area contributed by atoms with Crippen LogP contribution in [0.4, 0.5) is 11.4 Å². The van der Waals surface area contributed by atoms with Crippen molar-refractivity contribution in [2.75, 3.05) is 11.1 Å². The van der Waals surface area contributed by atoms with E-state index in [0.717, 1.165) is 3.57 Å². The third-order valence-corrected chi connectivity index (χ3v) is 3.66. The van der Waals surface area contributed by atoms with Crippen molar-refractivity contribution in [3.05, 3.63) is 55.6 Å². The van der Waals surface area contributed by atoms with Crippen LogP contribution in [0, 0.1) is 3.57 Å². The van der Waals surface area contributed by atoms with Crippen LogP contribution in [0.1, 0.15) is 10.4 Å². The maximum atomic E-state index is 12.1. The average molecular weight is 407 g/mol. The fourth-order valence-electron chi connectivity index (χ4n) is 1.52. The van der Waals surface area contributed by atoms with Gasteiger partial charge < -0.3 is 11.1 Å². The molecule has 0 aliphatic heterocycles. The summed E-state index contributed by atoms with van der Waals surface area (Å²) in [5, 5.41) is 3.68. The van der Waals surface area contributed by atoms with E-state index in [0.29, 0.717) is 27.0 Å². The Kier molecular flexibility index (Phi) is 4.54. The van der Waals surface area contributed by atoms with E-state index in [1.807, 2.05) is 6.07 Å². The van der Waals surface area contributed by atoms with E-state index < -0.39 is 0 Å². The molecule has 0 saturated carbocycles. The Balaban J connectivity index is 2.25. The minimum absolute atomic E-state index is 0.322. The van der Waals surface area contributed by atoms with Gasteiger partial charge in [0, 0.05) is 14.3 Å². The molecule has 0 bridgehead atoms. The van der Waals surface area contributed by atoms with Crippen LogP contribution in [0.3, 0.4) is 0 Å². The molecular weight excluding hydrogens is 398 g/mol. The van der Waals surface area contributed by atoms with Gasteiger partial charge in [-0.05, 0) is 59.0 Å². The molecule has 0 radical (unpaired) electrons. The van der Waals surface area contributed by atoms with E-state index in [4.69, 9.17) is 28.9 Å². The van der Waals surface area contributed by atoms with Crippen LogP contribution in [0.15, 0.2) is 36.4 Å². The number of hydrogen-bond acceptors (Lipinski definition) is 2. The highest BCUT2D eigenvalue weighted by atomic mass is 127. The van der Waals surface area contributed by atoms with Crippen LogP contribution < -0.4 is 11.1 Å². The first-order chi connectivity index (χ1) is 8.97. The minimum Gasteiger partial charge on any atom is -0.398 e. The summed E-state index contributed by atoms with van der Waals surface area (Å²) in [6.07, 6.45) is 0. The standard InChI is InChI=1S/C13H9Cl2IN2O/c14-7-1-3-9(11(17)5-7)13(19)18-12-4-2-8(16)6-10(12)15/h1-6H,17H2,(H,18,19). The fraction of sp³-hybridized carbons (Fsp3) is 0. The third-order valence-electron chi connectivity index (χ3n) is 2.44. The van der Waals surface area contributed by atoms with Crippen LogP contribution in [-0.4, -0.2) is 5.91 Å². The predicted molar refractivity (Wildman–Crippen MR) is 88.0 cm³/mol. The van der Waals surface area contributed by atoms with Crippen molar-refractivity contribution in [3.8, 4) is 0 Å². The number of halogens is 3. The number of benzene rings is 2. The Bertz CT molecular complexity index is 647. The lowest BCUT2D eigenvalue weighted by atomic mass is 10.1. The first-order valence-corrected chi connectivity index (χ1v) is 7.12. The molecule has 2 aromatic rings. The largest absolute Gasteiger partial charge is 0.398 e. The molecule has 0 spiro atoms. The zero-order valence-electron chi connectivity index (χ0n) is 9.58. The number of carbonyl (C=O) groups is 1. The van der Waals surface area contributed by atoms with Crippen molar-refractivity contribution in [2.24, 2.45) is 0 Å². The average Bonchev–Trinajstić information content (AvgIpc) is 2.32. The van der Waals surface area contributed by atoms with Crippen LogP contribution in [0.25, 0.3) is 0 Å². The molecule has 0 saturated heterocycles. The second kappa shape index (κ2) is 5.98. The smallest absolute Gasteiger partial charge is 0.257 e. The fourth-order valence-corrected chi connectivity index (χ4v) is 2.60. The van der Waals surface area contributed by atoms with Crippen LogP contribution in [0.5, 0.6) is 0 Å². The summed E-state index contributed by atoms with van der Waals surface area (Å²) in [5.41, 5.74) is 6.99. The van der Waals surface area contributed by atoms with E-state index in [1.165, 1.54) is 6.07 Å². The first kappa shape index (κ1) is 14.4. The number of carbonyl (C=O) groups excluding carboxylic acids is 1. The Hall–Kier alpha value is -0.980. The number of nitrogens with one attached hydrogen (secondary N) is 1. The van der Waals surface area contributed by atoms with Crippen molar-refractivity contribution >= 4 is 63.1 Å². The van der Waals surface area contributed by atoms with Gasteiger partial charge in [0.1, 0.15) is 0 Å². The quantitative estimate of drug-likeness (QED) is 0.572. The second-order valence-electron chi connectivity index (χ2n) is 3.81. The van der Waals surface area contributed by atoms with Crippen molar-refractivity contribution in [3.63, 3.8) is 0 Å². The summed E-state index contributed by atoms with van der Waals surface area (Å²) < 4.78 is 0.992. The topological polar surface area (TPSA) is 55.1 Å². The SMILES string of the molecule is Nc1cc(Cl)ccc1C(=O)Nc1ccc(I)cc1Cl. The van der Waals surface area contributed by atoms with Gasteiger partial charge in [0.25, 0.3) is 5.91 Å². The lowest BCUT2D eigenvalue weighted by Crippen LogP contribution is -2.14. The van der Waals surface area contributed by atoms with Crippen molar-refractivity contribution in [1.82, 2.24) is 0 Å². The molecule has 0 fully saturated rings. The van der Waals surface area contributed by atoms with Crippen molar-refractivity contribution in [1.29, 1.82) is 0 Å². The molecule has 19 heavy (non-hydrogen) atoms. The summed E-state index contributed by atoms with van der Waals surface area (Å²) in [6, 6.07) is 10.1. The lowest BCUT2D eigenvalue weighted by molar-refractivity contribution is 0.102. The molecular formula is C13H9Cl2IN2O. The molecule has 3 nitrogen and oxygen atoms in total. The van der Waals surface area contributed by atoms with Crippen LogP contribution in [0.2, 0.25) is 10.0 Å². The van der Waals surface area contributed by atoms with E-state index in [9.17, 15) is 4.79 Å². The molecule has 98 valence electrons. The zero-order valence-corrected chi connectivity index (χ0v) is 13.3. The molecule has 1 amide bonds. The predicted octanol–water partition coefficient (Wildman–Crippen LogP) is 4.43. The molecule has 0 aliphatic rings. The third kappa shape index (κ3) is 3.52. The number of nitrogens with two attached hydrogens (primary N) is 1. The monoisotopic (exact) mass is 406 g/mol. The van der Waals surface area contributed by atoms with E-state index >= 15 is 0 Å². The van der Waals surface area contributed by atoms with Gasteiger partial charge in [-0.25, -0.2) is 0 Å². The van der Waals surface area contributed by atoms with Gasteiger partial charge in [-0.2, -0.15) is 0 Å². The summed E-state index contributed by atoms with van der Waals surface area (Å²) in [6.45, 7) is 0. The molecule has 6 heteroatoms. The van der Waals surface area contributed by atoms with Gasteiger partial charge in [-0.3, -0.25) is 4.79 Å². The molecule has 3 N–H and O–H groups in total. The number of amides is 1. The van der Waals surface area contributed by atoms with E-state index in [2.05, 4.69) is 27.9 Å². The normalized spacial score (nSPS) is 10.3. The summed E-state index contributed by atoms with van der Waals surface area (Å²) in [4.78, 5) is 12.1. The van der Waals surface area contributed by atoms with E-state index in [-0.39, 0.29) is 5.91 Å². The number of anilines is 2. The highest BCUT2D eigenvalue weighted by molar-refractivity contribution is 14.1. The van der Waals surface area contributed by atoms with Crippen LogP contribution in [-0.2, 0) is 0 Å². The van der Waals surface area contributed by atoms with Gasteiger partial charge in [-0.1, -0.05) is 23.2 Å². The molecule has 0 unspecified atom stereocenters. The molecule has 2 aromatic carbocycles. The van der Waals surface area contributed by atoms with Gasteiger partial charge in [0.05, 0.1) is 16.3 Å². The molecule has 0 aliphatic carbocycles. The van der Waals surface area contributed by atoms with Gasteiger partial charge in [0.15, 0.2) is 0 Å². The maximum Gasteiger partial charge on any atom is 0.257 e. The van der Waals surface area contributed by atoms with Gasteiger partial charge in [-0.15, -0.1) is 0 Å². The Morgan fingerprint density at radius 2 is 1.89 bits per heavy atom. The molecule has 0 heterocycles. The number of hydrogen-bond donors (Lipinski definition) is 2. The minimum atomic E-state index is -0.322. The van der Waals surface area contributed by atoms with Crippen LogP contribution >= 0.6 is 45.8 Å². The molecule has 0 atom stereocenters. The molecule has 0 aromatic heterocycles. The summed E-state index contributed by atoms with van der Waals surface area (Å²) >= 11 is 14.0. The number of rotatable bonds is 2. The molecule has 2 rings (SSSR count). The highest BCUT2D eigenvalue weighted by Gasteiger charge is 2.12. The summed E-state index contributed by atoms with van der Waals surface area (Å²) in [7, 11) is 0. The summed E-state index contributed by atoms with van der Waals surface area (Å²) in [5.74, 6) is -0.322. The zero-order chi connectivity index (χ0) is 14.0. The Morgan fingerprint density at radius 1 is 1.16 bits per heavy atom. The Morgan fingerprint density at radius 3 is 2.53 bits per heavy atom. The van der Waals surface area contributed by atoms with Gasteiger partial charge in [0.2, 0.25) is 0 Å². The second-order valence-corrected chi connectivity index (χ2v) is 5.90. The Labute approximate surface area is 134 Å². The number of nitrogen functional groups attached to an aromatic ring is 1. The first-order valence-electron chi connectivity index (χ1n) is 5.29. The lowest BCUT2D eigenvalue weighted by Gasteiger charge is -2.09. The van der Waals surface area contributed by atoms with E-state index in [1.54, 1.807) is 24.3 Å².